The summed E-state index contributed by atoms with van der Waals surface area (Å²) in [5, 5.41) is 2.87. The van der Waals surface area contributed by atoms with E-state index in [2.05, 4.69) is 14.9 Å². The molecular weight excluding hydrogens is 458 g/mol. The van der Waals surface area contributed by atoms with Gasteiger partial charge in [-0.2, -0.15) is 0 Å². The Kier molecular flexibility index (Phi) is 6.91. The predicted octanol–water partition coefficient (Wildman–Crippen LogP) is 5.69. The number of nitrogens with zero attached hydrogens (tertiary/aromatic N) is 1. The fourth-order valence-corrected chi connectivity index (χ4v) is 5.38. The number of hydrogen-bond acceptors (Lipinski definition) is 4. The van der Waals surface area contributed by atoms with Crippen LogP contribution in [0, 0.1) is 6.92 Å². The molecule has 1 amide bonds. The van der Waals surface area contributed by atoms with Crippen LogP contribution >= 0.6 is 11.6 Å². The van der Waals surface area contributed by atoms with Crippen molar-refractivity contribution in [3.05, 3.63) is 82.9 Å². The molecule has 0 radical (unpaired) electrons. The van der Waals surface area contributed by atoms with E-state index >= 15 is 0 Å². The van der Waals surface area contributed by atoms with Crippen molar-refractivity contribution in [3.8, 4) is 0 Å². The zero-order valence-corrected chi connectivity index (χ0v) is 19.9. The van der Waals surface area contributed by atoms with Crippen LogP contribution in [-0.2, 0) is 10.0 Å². The zero-order chi connectivity index (χ0) is 23.4. The zero-order valence-electron chi connectivity index (χ0n) is 18.3. The van der Waals surface area contributed by atoms with E-state index in [4.69, 9.17) is 11.6 Å². The monoisotopic (exact) mass is 483 g/mol. The number of sulfonamides is 1. The predicted molar refractivity (Wildman–Crippen MR) is 134 cm³/mol. The first-order chi connectivity index (χ1) is 15.8. The number of halogens is 1. The Balaban J connectivity index is 1.49. The van der Waals surface area contributed by atoms with E-state index in [1.54, 1.807) is 24.3 Å². The van der Waals surface area contributed by atoms with Crippen molar-refractivity contribution in [2.45, 2.75) is 31.1 Å². The average Bonchev–Trinajstić information content (AvgIpc) is 2.81. The maximum absolute atomic E-state index is 12.9. The maximum Gasteiger partial charge on any atom is 0.263 e. The number of carbonyl (C=O) groups is 1. The lowest BCUT2D eigenvalue weighted by atomic mass is 10.1. The van der Waals surface area contributed by atoms with Crippen molar-refractivity contribution in [3.63, 3.8) is 0 Å². The highest BCUT2D eigenvalue weighted by Crippen LogP contribution is 2.26. The highest BCUT2D eigenvalue weighted by Gasteiger charge is 2.21. The fourth-order valence-electron chi connectivity index (χ4n) is 3.79. The van der Waals surface area contributed by atoms with Gasteiger partial charge in [-0.3, -0.25) is 9.52 Å². The van der Waals surface area contributed by atoms with Gasteiger partial charge in [-0.1, -0.05) is 29.3 Å². The third-order valence-corrected chi connectivity index (χ3v) is 7.50. The number of aryl methyl sites for hydroxylation is 1. The van der Waals surface area contributed by atoms with Crippen LogP contribution in [-0.4, -0.2) is 27.4 Å². The molecule has 6 nitrogen and oxygen atoms in total. The summed E-state index contributed by atoms with van der Waals surface area (Å²) >= 11 is 6.17. The smallest absolute Gasteiger partial charge is 0.263 e. The Hall–Kier alpha value is -3.03. The quantitative estimate of drug-likeness (QED) is 0.472. The number of rotatable bonds is 6. The molecule has 1 aliphatic heterocycles. The van der Waals surface area contributed by atoms with Crippen LogP contribution in [0.1, 0.15) is 35.2 Å². The molecule has 3 aromatic carbocycles. The van der Waals surface area contributed by atoms with Crippen LogP contribution in [0.2, 0.25) is 5.02 Å². The minimum atomic E-state index is -3.97. The van der Waals surface area contributed by atoms with Gasteiger partial charge in [0.25, 0.3) is 15.9 Å². The standard InChI is InChI=1S/C25H26ClN3O3S/c1-18-5-8-21(9-6-18)28-33(31,32)24-17-19(7-14-23(24)26)25(30)27-20-10-12-22(13-11-20)29-15-3-2-4-16-29/h5-14,17,28H,2-4,15-16H2,1H3,(H,27,30). The Labute approximate surface area is 199 Å². The van der Waals surface area contributed by atoms with Gasteiger partial charge in [-0.15, -0.1) is 0 Å². The topological polar surface area (TPSA) is 78.5 Å². The second-order valence-corrected chi connectivity index (χ2v) is 10.2. The lowest BCUT2D eigenvalue weighted by Crippen LogP contribution is -2.29. The molecule has 1 aliphatic rings. The van der Waals surface area contributed by atoms with Gasteiger partial charge < -0.3 is 10.2 Å². The van der Waals surface area contributed by atoms with Crippen molar-refractivity contribution in [2.24, 2.45) is 0 Å². The van der Waals surface area contributed by atoms with Gasteiger partial charge in [-0.25, -0.2) is 8.42 Å². The van der Waals surface area contributed by atoms with Crippen LogP contribution in [0.25, 0.3) is 0 Å². The third-order valence-electron chi connectivity index (χ3n) is 5.63. The maximum atomic E-state index is 12.9. The number of anilines is 3. The summed E-state index contributed by atoms with van der Waals surface area (Å²) in [6, 6.07) is 18.9. The van der Waals surface area contributed by atoms with Crippen LogP contribution < -0.4 is 14.9 Å². The summed E-state index contributed by atoms with van der Waals surface area (Å²) in [6.07, 6.45) is 3.65. The van der Waals surface area contributed by atoms with E-state index in [1.165, 1.54) is 37.5 Å². The molecule has 1 heterocycles. The highest BCUT2D eigenvalue weighted by atomic mass is 35.5. The Morgan fingerprint density at radius 3 is 2.18 bits per heavy atom. The number of piperidine rings is 1. The second-order valence-electron chi connectivity index (χ2n) is 8.17. The fraction of sp³-hybridized carbons (Fsp3) is 0.240. The van der Waals surface area contributed by atoms with Crippen molar-refractivity contribution < 1.29 is 13.2 Å². The van der Waals surface area contributed by atoms with Crippen LogP contribution in [0.3, 0.4) is 0 Å². The number of hydrogen-bond donors (Lipinski definition) is 2. The summed E-state index contributed by atoms with van der Waals surface area (Å²) in [6.45, 7) is 4.01. The Bertz CT molecular complexity index is 1240. The van der Waals surface area contributed by atoms with Gasteiger partial charge in [0.1, 0.15) is 4.90 Å². The number of nitrogens with one attached hydrogen (secondary N) is 2. The SMILES string of the molecule is Cc1ccc(NS(=O)(=O)c2cc(C(=O)Nc3ccc(N4CCCCC4)cc3)ccc2Cl)cc1. The second kappa shape index (κ2) is 9.85. The molecule has 33 heavy (non-hydrogen) atoms. The third kappa shape index (κ3) is 5.67. The van der Waals surface area contributed by atoms with E-state index < -0.39 is 15.9 Å². The van der Waals surface area contributed by atoms with Gasteiger partial charge in [0, 0.05) is 35.7 Å². The molecule has 1 fully saturated rings. The lowest BCUT2D eigenvalue weighted by Gasteiger charge is -2.28. The molecule has 0 bridgehead atoms. The van der Waals surface area contributed by atoms with Gasteiger partial charge in [-0.05, 0) is 80.8 Å². The van der Waals surface area contributed by atoms with E-state index in [0.29, 0.717) is 11.4 Å². The van der Waals surface area contributed by atoms with E-state index in [1.807, 2.05) is 31.2 Å². The van der Waals surface area contributed by atoms with Crippen molar-refractivity contribution in [1.29, 1.82) is 0 Å². The normalized spacial score (nSPS) is 14.1. The summed E-state index contributed by atoms with van der Waals surface area (Å²) in [4.78, 5) is 15.0. The molecule has 0 unspecified atom stereocenters. The van der Waals surface area contributed by atoms with Gasteiger partial charge in [0.2, 0.25) is 0 Å². The van der Waals surface area contributed by atoms with E-state index in [0.717, 1.165) is 24.3 Å². The first kappa shape index (κ1) is 23.1. The number of amides is 1. The minimum absolute atomic E-state index is 0.0389. The Morgan fingerprint density at radius 1 is 0.879 bits per heavy atom. The van der Waals surface area contributed by atoms with Crippen LogP contribution in [0.15, 0.2) is 71.6 Å². The van der Waals surface area contributed by atoms with Crippen LogP contribution in [0.4, 0.5) is 17.1 Å². The molecule has 172 valence electrons. The molecule has 3 aromatic rings. The largest absolute Gasteiger partial charge is 0.372 e. The number of benzene rings is 3. The molecule has 0 aromatic heterocycles. The summed E-state index contributed by atoms with van der Waals surface area (Å²) < 4.78 is 28.3. The van der Waals surface area contributed by atoms with Gasteiger partial charge in [0.05, 0.1) is 5.02 Å². The molecule has 4 rings (SSSR count). The Morgan fingerprint density at radius 2 is 1.52 bits per heavy atom. The summed E-state index contributed by atoms with van der Waals surface area (Å²) in [5.74, 6) is -0.413. The molecule has 0 spiro atoms. The number of carbonyl (C=O) groups excluding carboxylic acids is 1. The van der Waals surface area contributed by atoms with Crippen LogP contribution in [0.5, 0.6) is 0 Å². The van der Waals surface area contributed by atoms with E-state index in [-0.39, 0.29) is 15.5 Å². The van der Waals surface area contributed by atoms with Crippen molar-refractivity contribution in [2.75, 3.05) is 28.0 Å². The first-order valence-electron chi connectivity index (χ1n) is 10.9. The van der Waals surface area contributed by atoms with Crippen molar-refractivity contribution >= 4 is 44.6 Å². The first-order valence-corrected chi connectivity index (χ1v) is 12.7. The van der Waals surface area contributed by atoms with Crippen molar-refractivity contribution in [1.82, 2.24) is 0 Å². The van der Waals surface area contributed by atoms with E-state index in [9.17, 15) is 13.2 Å². The molecule has 0 saturated carbocycles. The minimum Gasteiger partial charge on any atom is -0.372 e. The summed E-state index contributed by atoms with van der Waals surface area (Å²) in [7, 11) is -3.97. The molecule has 8 heteroatoms. The molecule has 2 N–H and O–H groups in total. The molecule has 0 aliphatic carbocycles. The highest BCUT2D eigenvalue weighted by molar-refractivity contribution is 7.92. The summed E-state index contributed by atoms with van der Waals surface area (Å²) in [5.41, 5.74) is 3.40. The molecule has 1 saturated heterocycles. The average molecular weight is 484 g/mol. The van der Waals surface area contributed by atoms with Gasteiger partial charge >= 0.3 is 0 Å². The lowest BCUT2D eigenvalue weighted by molar-refractivity contribution is 0.102. The molecular formula is C25H26ClN3O3S. The molecule has 0 atom stereocenters. The van der Waals surface area contributed by atoms with Gasteiger partial charge in [0.15, 0.2) is 0 Å².